The molecule has 0 aliphatic carbocycles. The van der Waals surface area contributed by atoms with Crippen LogP contribution in [-0.4, -0.2) is 35.0 Å². The van der Waals surface area contributed by atoms with Gasteiger partial charge in [0.2, 0.25) is 0 Å². The average molecular weight is 640 g/mol. The van der Waals surface area contributed by atoms with Crippen LogP contribution in [0.1, 0.15) is 32.3 Å². The third-order valence-corrected chi connectivity index (χ3v) is 7.48. The van der Waals surface area contributed by atoms with Crippen molar-refractivity contribution in [1.82, 2.24) is 9.88 Å². The van der Waals surface area contributed by atoms with E-state index < -0.39 is 0 Å². The number of urea groups is 1. The van der Waals surface area contributed by atoms with Crippen molar-refractivity contribution in [3.8, 4) is 0 Å². The van der Waals surface area contributed by atoms with E-state index in [1.807, 2.05) is 30.3 Å². The minimum Gasteiger partial charge on any atom is -0.361 e. The van der Waals surface area contributed by atoms with E-state index in [4.69, 9.17) is 0 Å². The van der Waals surface area contributed by atoms with Crippen LogP contribution < -0.4 is 10.6 Å². The van der Waals surface area contributed by atoms with Gasteiger partial charge in [-0.1, -0.05) is 13.0 Å². The molecule has 1 atom stereocenters. The van der Waals surface area contributed by atoms with Crippen LogP contribution >= 0.6 is 45.2 Å². The summed E-state index contributed by atoms with van der Waals surface area (Å²) in [6, 6.07) is 12.3. The molecule has 3 N–H and O–H groups in total. The fourth-order valence-electron chi connectivity index (χ4n) is 3.93. The molecule has 2 heterocycles. The molecule has 1 aliphatic heterocycles. The number of aromatic nitrogens is 1. The number of nitrogens with one attached hydrogen (secondary N) is 3. The minimum absolute atomic E-state index is 0.239. The smallest absolute Gasteiger partial charge is 0.323 e. The third-order valence-electron chi connectivity index (χ3n) is 5.92. The molecule has 1 unspecified atom stereocenters. The number of hydrogen-bond donors (Lipinski definition) is 3. The van der Waals surface area contributed by atoms with Gasteiger partial charge in [-0.2, -0.15) is 0 Å². The minimum atomic E-state index is -0.239. The molecule has 7 heteroatoms. The number of H-pyrrole nitrogens is 1. The Kier molecular flexibility index (Phi) is 7.22. The van der Waals surface area contributed by atoms with Crippen molar-refractivity contribution in [2.75, 3.05) is 23.7 Å². The van der Waals surface area contributed by atoms with Crippen LogP contribution in [0.2, 0.25) is 0 Å². The predicted molar refractivity (Wildman–Crippen MR) is 147 cm³/mol. The summed E-state index contributed by atoms with van der Waals surface area (Å²) in [6.45, 7) is 6.62. The van der Waals surface area contributed by atoms with Gasteiger partial charge in [-0.25, -0.2) is 4.79 Å². The molecule has 3 aromatic rings. The second-order valence-corrected chi connectivity index (χ2v) is 10.3. The molecule has 0 fully saturated rings. The van der Waals surface area contributed by atoms with Crippen molar-refractivity contribution in [1.29, 1.82) is 0 Å². The molecule has 4 rings (SSSR count). The first kappa shape index (κ1) is 22.6. The highest BCUT2D eigenvalue weighted by atomic mass is 127. The van der Waals surface area contributed by atoms with Gasteiger partial charge in [0.25, 0.3) is 0 Å². The van der Waals surface area contributed by atoms with Crippen LogP contribution in [0.15, 0.2) is 48.7 Å². The maximum Gasteiger partial charge on any atom is 0.323 e. The highest BCUT2D eigenvalue weighted by molar-refractivity contribution is 14.1. The fourth-order valence-corrected chi connectivity index (χ4v) is 5.66. The van der Waals surface area contributed by atoms with Gasteiger partial charge in [0.05, 0.1) is 5.69 Å². The molecule has 2 aromatic carbocycles. The number of rotatable bonds is 5. The number of halogens is 2. The van der Waals surface area contributed by atoms with Crippen LogP contribution in [0.5, 0.6) is 0 Å². The van der Waals surface area contributed by atoms with Crippen LogP contribution in [0.4, 0.5) is 16.2 Å². The lowest BCUT2D eigenvalue weighted by molar-refractivity contribution is 0.225. The van der Waals surface area contributed by atoms with Gasteiger partial charge in [0.15, 0.2) is 0 Å². The Bertz CT molecular complexity index is 1140. The van der Waals surface area contributed by atoms with Crippen LogP contribution in [0, 0.1) is 7.14 Å². The summed E-state index contributed by atoms with van der Waals surface area (Å²) < 4.78 is 2.15. The highest BCUT2D eigenvalue weighted by Crippen LogP contribution is 2.31. The number of amides is 2. The maximum atomic E-state index is 12.6. The molecule has 162 valence electrons. The average Bonchev–Trinajstić information content (AvgIpc) is 3.18. The van der Waals surface area contributed by atoms with Crippen LogP contribution in [-0.2, 0) is 0 Å². The lowest BCUT2D eigenvalue weighted by atomic mass is 9.97. The molecule has 0 radical (unpaired) electrons. The van der Waals surface area contributed by atoms with Crippen molar-refractivity contribution >= 4 is 79.1 Å². The Morgan fingerprint density at radius 2 is 2.03 bits per heavy atom. The molecule has 1 aliphatic rings. The summed E-state index contributed by atoms with van der Waals surface area (Å²) in [5.74, 6) is 0. The van der Waals surface area contributed by atoms with E-state index in [0.717, 1.165) is 48.9 Å². The van der Waals surface area contributed by atoms with Gasteiger partial charge in [-0.3, -0.25) is 4.90 Å². The Morgan fingerprint density at radius 3 is 2.74 bits per heavy atom. The second-order valence-electron chi connectivity index (χ2n) is 7.90. The van der Waals surface area contributed by atoms with E-state index in [9.17, 15) is 4.79 Å². The zero-order valence-corrected chi connectivity index (χ0v) is 22.0. The lowest BCUT2D eigenvalue weighted by Crippen LogP contribution is -2.35. The van der Waals surface area contributed by atoms with Gasteiger partial charge in [0.1, 0.15) is 0 Å². The first-order valence-corrected chi connectivity index (χ1v) is 12.7. The number of carbonyl (C=O) groups is 1. The largest absolute Gasteiger partial charge is 0.361 e. The Hall–Kier alpha value is -1.59. The number of nitrogens with zero attached hydrogens (tertiary/aromatic N) is 1. The highest BCUT2D eigenvalue weighted by Gasteiger charge is 2.18. The molecule has 0 saturated carbocycles. The summed E-state index contributed by atoms with van der Waals surface area (Å²) in [7, 11) is 0. The molecule has 0 saturated heterocycles. The van der Waals surface area contributed by atoms with Gasteiger partial charge >= 0.3 is 6.03 Å². The summed E-state index contributed by atoms with van der Waals surface area (Å²) in [5, 5.41) is 7.06. The molecule has 0 spiro atoms. The van der Waals surface area contributed by atoms with E-state index in [-0.39, 0.29) is 6.03 Å². The third kappa shape index (κ3) is 5.25. The van der Waals surface area contributed by atoms with Crippen molar-refractivity contribution in [2.24, 2.45) is 0 Å². The second kappa shape index (κ2) is 9.91. The lowest BCUT2D eigenvalue weighted by Gasteiger charge is -2.31. The van der Waals surface area contributed by atoms with E-state index in [1.165, 1.54) is 17.6 Å². The van der Waals surface area contributed by atoms with Crippen molar-refractivity contribution in [3.05, 3.63) is 61.4 Å². The number of aromatic amines is 1. The summed E-state index contributed by atoms with van der Waals surface area (Å²) >= 11 is 4.50. The fraction of sp³-hybridized carbons (Fsp3) is 0.292. The zero-order valence-electron chi connectivity index (χ0n) is 17.6. The molecule has 1 aromatic heterocycles. The zero-order chi connectivity index (χ0) is 22.0. The van der Waals surface area contributed by atoms with E-state index in [1.54, 1.807) is 0 Å². The molecular formula is C24H26I2N4O. The Labute approximate surface area is 210 Å². The first-order valence-electron chi connectivity index (χ1n) is 10.5. The van der Waals surface area contributed by atoms with Gasteiger partial charge in [0, 0.05) is 54.6 Å². The van der Waals surface area contributed by atoms with Crippen molar-refractivity contribution in [2.45, 2.75) is 32.7 Å². The van der Waals surface area contributed by atoms with E-state index in [0.29, 0.717) is 6.04 Å². The van der Waals surface area contributed by atoms with E-state index in [2.05, 4.69) is 97.9 Å². The van der Waals surface area contributed by atoms with Crippen molar-refractivity contribution < 1.29 is 4.79 Å². The standard InChI is InChI=1S/C24H26I2N4O/c1-3-15(2)30-10-8-16(9-11-30)20-14-27-22-7-5-18(13-19(20)22)28-24(31)29-23-6-4-17(25)12-21(23)26/h4-8,12-15,27H,3,9-11H2,1-2H3,(H2,28,29,31). The summed E-state index contributed by atoms with van der Waals surface area (Å²) in [5.41, 5.74) is 5.28. The molecule has 0 bridgehead atoms. The summed E-state index contributed by atoms with van der Waals surface area (Å²) in [6.07, 6.45) is 6.66. The quantitative estimate of drug-likeness (QED) is 0.266. The van der Waals surface area contributed by atoms with Gasteiger partial charge in [-0.15, -0.1) is 0 Å². The number of fused-ring (bicyclic) bond motifs is 1. The number of anilines is 2. The van der Waals surface area contributed by atoms with Gasteiger partial charge in [-0.05, 0) is 107 Å². The van der Waals surface area contributed by atoms with Crippen LogP contribution in [0.3, 0.4) is 0 Å². The normalized spacial score (nSPS) is 15.5. The van der Waals surface area contributed by atoms with Crippen LogP contribution in [0.25, 0.3) is 16.5 Å². The number of benzene rings is 2. The first-order chi connectivity index (χ1) is 14.9. The molecule has 31 heavy (non-hydrogen) atoms. The molecule has 2 amide bonds. The van der Waals surface area contributed by atoms with Crippen molar-refractivity contribution in [3.63, 3.8) is 0 Å². The molecular weight excluding hydrogens is 614 g/mol. The predicted octanol–water partition coefficient (Wildman–Crippen LogP) is 6.91. The number of hydrogen-bond acceptors (Lipinski definition) is 2. The SMILES string of the molecule is CCC(C)N1CC=C(c2c[nH]c3ccc(NC(=O)Nc4ccc(I)cc4I)cc23)CC1. The monoisotopic (exact) mass is 640 g/mol. The van der Waals surface area contributed by atoms with E-state index >= 15 is 0 Å². The molecule has 5 nitrogen and oxygen atoms in total. The number of carbonyl (C=O) groups excluding carboxylic acids is 1. The Morgan fingerprint density at radius 1 is 1.19 bits per heavy atom. The summed E-state index contributed by atoms with van der Waals surface area (Å²) in [4.78, 5) is 18.5. The van der Waals surface area contributed by atoms with Gasteiger partial charge < -0.3 is 15.6 Å². The maximum absolute atomic E-state index is 12.6. The topological polar surface area (TPSA) is 60.2 Å². The Balaban J connectivity index is 1.51.